The van der Waals surface area contributed by atoms with Gasteiger partial charge in [0.2, 0.25) is 0 Å². The Balaban J connectivity index is 2.41. The number of esters is 1. The normalized spacial score (nSPS) is 38.3. The Hall–Kier alpha value is -1.32. The fraction of sp³-hybridized carbons (Fsp3) is 0.667. The van der Waals surface area contributed by atoms with Crippen LogP contribution in [-0.2, 0) is 22.9 Å². The molecule has 1 aromatic heterocycles. The third-order valence-corrected chi connectivity index (χ3v) is 2.72. The van der Waals surface area contributed by atoms with E-state index in [0.717, 1.165) is 4.57 Å². The van der Waals surface area contributed by atoms with E-state index in [1.807, 2.05) is 0 Å². The summed E-state index contributed by atoms with van der Waals surface area (Å²) in [4.78, 5) is 15.7. The molecule has 1 aromatic rings. The van der Waals surface area contributed by atoms with Gasteiger partial charge in [-0.1, -0.05) is 6.85 Å². The smallest absolute Gasteiger partial charge is 0.309 e. The lowest BCUT2D eigenvalue weighted by molar-refractivity contribution is -0.141. The van der Waals surface area contributed by atoms with Crippen LogP contribution in [-0.4, -0.2) is 22.1 Å². The van der Waals surface area contributed by atoms with E-state index in [-0.39, 0.29) is 30.7 Å². The second kappa shape index (κ2) is 4.28. The van der Waals surface area contributed by atoms with Crippen molar-refractivity contribution in [2.24, 2.45) is 18.8 Å². The first-order valence-electron chi connectivity index (χ1n) is 8.96. The van der Waals surface area contributed by atoms with Crippen LogP contribution in [0.3, 0.4) is 0 Å². The van der Waals surface area contributed by atoms with Crippen LogP contribution in [0.4, 0.5) is 0 Å². The first-order chi connectivity index (χ1) is 10.7. The number of rotatable bonds is 3. The molecule has 4 heteroatoms. The Kier molecular flexibility index (Phi) is 1.31. The lowest BCUT2D eigenvalue weighted by Crippen LogP contribution is -2.18. The van der Waals surface area contributed by atoms with Crippen LogP contribution in [0.5, 0.6) is 0 Å². The number of imidazole rings is 1. The van der Waals surface area contributed by atoms with Crippen molar-refractivity contribution in [3.05, 3.63) is 17.7 Å². The molecule has 1 aliphatic rings. The zero-order valence-electron chi connectivity index (χ0n) is 16.9. The van der Waals surface area contributed by atoms with E-state index < -0.39 is 38.0 Å². The minimum Gasteiger partial charge on any atom is -0.465 e. The molecule has 2 rings (SSSR count). The topological polar surface area (TPSA) is 44.1 Å². The number of aryl methyl sites for hydroxylation is 1. The Labute approximate surface area is 107 Å². The summed E-state index contributed by atoms with van der Waals surface area (Å²) in [6.45, 7) is -3.94. The lowest BCUT2D eigenvalue weighted by Gasteiger charge is -2.13. The summed E-state index contributed by atoms with van der Waals surface area (Å²) in [6.07, 6.45) is -1.15. The largest absolute Gasteiger partial charge is 0.465 e. The molecule has 0 bridgehead atoms. The van der Waals surface area contributed by atoms with Crippen molar-refractivity contribution in [2.45, 2.75) is 26.6 Å². The minimum absolute atomic E-state index is 0.0312. The van der Waals surface area contributed by atoms with Crippen LogP contribution in [0.1, 0.15) is 35.8 Å². The molecule has 0 saturated carbocycles. The second-order valence-electron chi connectivity index (χ2n) is 3.75. The summed E-state index contributed by atoms with van der Waals surface area (Å²) in [5.41, 5.74) is -0.0312. The summed E-state index contributed by atoms with van der Waals surface area (Å²) >= 11 is 0. The molecule has 0 spiro atoms. The van der Waals surface area contributed by atoms with E-state index in [9.17, 15) is 4.79 Å². The molecule has 16 heavy (non-hydrogen) atoms. The third kappa shape index (κ3) is 1.84. The van der Waals surface area contributed by atoms with Gasteiger partial charge in [0.15, 0.2) is 0 Å². The molecule has 0 aromatic carbocycles. The number of hydrogen-bond donors (Lipinski definition) is 0. The van der Waals surface area contributed by atoms with Gasteiger partial charge in [-0.15, -0.1) is 0 Å². The van der Waals surface area contributed by atoms with Crippen LogP contribution in [0, 0.1) is 18.7 Å². The average molecular weight is 230 g/mol. The molecule has 0 amide bonds. The van der Waals surface area contributed by atoms with Gasteiger partial charge in [0.1, 0.15) is 5.82 Å². The first-order valence-corrected chi connectivity index (χ1v) is 4.96. The van der Waals surface area contributed by atoms with Crippen molar-refractivity contribution < 1.29 is 20.5 Å². The van der Waals surface area contributed by atoms with Crippen molar-refractivity contribution in [1.29, 1.82) is 0 Å². The summed E-state index contributed by atoms with van der Waals surface area (Å²) in [5.74, 6) is -3.57. The number of aromatic nitrogens is 2. The minimum atomic E-state index is -2.59. The van der Waals surface area contributed by atoms with E-state index in [2.05, 4.69) is 4.98 Å². The molecular weight excluding hydrogens is 204 g/mol. The Bertz CT molecular complexity index is 651. The summed E-state index contributed by atoms with van der Waals surface area (Å²) in [7, 11) is 0. The van der Waals surface area contributed by atoms with Crippen LogP contribution in [0.2, 0.25) is 0 Å². The molecule has 2 heterocycles. The second-order valence-corrected chi connectivity index (χ2v) is 3.75. The van der Waals surface area contributed by atoms with Gasteiger partial charge in [0, 0.05) is 34.3 Å². The highest BCUT2D eigenvalue weighted by molar-refractivity contribution is 5.74. The molecule has 0 radical (unpaired) electrons. The number of ether oxygens (including phenoxy) is 1. The van der Waals surface area contributed by atoms with E-state index in [1.165, 1.54) is 6.92 Å². The highest BCUT2D eigenvalue weighted by Crippen LogP contribution is 2.28. The maximum atomic E-state index is 11.9. The van der Waals surface area contributed by atoms with E-state index in [1.54, 1.807) is 0 Å². The number of hydrogen-bond acceptors (Lipinski definition) is 3. The molecule has 4 nitrogen and oxygen atoms in total. The standard InChI is InChI=1S/C12H18N2O2/c1-4-11-9(7-16-12(11)15)5-10-6-13-8(2)14(10)3/h6,9,11H,4-5,7H2,1-3H3/t9-,11-/m0/s1/i1D3,3D3,6D,9D. The molecule has 0 aliphatic carbocycles. The Morgan fingerprint density at radius 2 is 2.75 bits per heavy atom. The fourth-order valence-electron chi connectivity index (χ4n) is 1.71. The predicted octanol–water partition coefficient (Wildman–Crippen LogP) is 1.47. The molecule has 1 fully saturated rings. The Morgan fingerprint density at radius 3 is 3.50 bits per heavy atom. The van der Waals surface area contributed by atoms with Gasteiger partial charge < -0.3 is 9.30 Å². The molecule has 0 N–H and O–H groups in total. The van der Waals surface area contributed by atoms with Gasteiger partial charge in [0.05, 0.1) is 13.9 Å². The third-order valence-electron chi connectivity index (χ3n) is 2.72. The van der Waals surface area contributed by atoms with Gasteiger partial charge in [-0.05, 0) is 19.8 Å². The van der Waals surface area contributed by atoms with Crippen LogP contribution >= 0.6 is 0 Å². The van der Waals surface area contributed by atoms with Crippen molar-refractivity contribution >= 4 is 5.97 Å². The van der Waals surface area contributed by atoms with Crippen LogP contribution < -0.4 is 0 Å². The SMILES string of the molecule is [2H]c1nc(C)n(C([2H])([2H])[2H])c1C[C@@]1([2H])COC(=O)[C@H]1CC([2H])([2H])[2H]. The van der Waals surface area contributed by atoms with Gasteiger partial charge in [-0.25, -0.2) is 4.98 Å². The van der Waals surface area contributed by atoms with Gasteiger partial charge in [-0.2, -0.15) is 0 Å². The van der Waals surface area contributed by atoms with Crippen LogP contribution in [0.25, 0.3) is 0 Å². The van der Waals surface area contributed by atoms with Crippen molar-refractivity contribution in [3.63, 3.8) is 0 Å². The molecule has 0 unspecified atom stereocenters. The first kappa shape index (κ1) is 4.90. The van der Waals surface area contributed by atoms with Crippen molar-refractivity contribution in [2.75, 3.05) is 6.61 Å². The summed E-state index contributed by atoms with van der Waals surface area (Å²) < 4.78 is 66.8. The summed E-state index contributed by atoms with van der Waals surface area (Å²) in [6, 6.07) is 0. The van der Waals surface area contributed by atoms with Gasteiger partial charge in [-0.3, -0.25) is 4.79 Å². The lowest BCUT2D eigenvalue weighted by atomic mass is 9.89. The van der Waals surface area contributed by atoms with Crippen molar-refractivity contribution in [1.82, 2.24) is 9.55 Å². The Morgan fingerprint density at radius 1 is 1.88 bits per heavy atom. The van der Waals surface area contributed by atoms with E-state index >= 15 is 0 Å². The zero-order valence-corrected chi connectivity index (χ0v) is 8.91. The number of carbonyl (C=O) groups excluding carboxylic acids is 1. The molecule has 1 saturated heterocycles. The quantitative estimate of drug-likeness (QED) is 0.739. The van der Waals surface area contributed by atoms with Crippen LogP contribution in [0.15, 0.2) is 6.17 Å². The highest BCUT2D eigenvalue weighted by atomic mass is 16.5. The highest BCUT2D eigenvalue weighted by Gasteiger charge is 2.35. The maximum Gasteiger partial charge on any atom is 0.309 e. The predicted molar refractivity (Wildman–Crippen MR) is 59.9 cm³/mol. The molecule has 88 valence electrons. The maximum absolute atomic E-state index is 11.9. The number of cyclic esters (lactones) is 1. The fourth-order valence-corrected chi connectivity index (χ4v) is 1.71. The summed E-state index contributed by atoms with van der Waals surface area (Å²) in [5, 5.41) is 0. The average Bonchev–Trinajstić information content (AvgIpc) is 2.79. The van der Waals surface area contributed by atoms with Gasteiger partial charge >= 0.3 is 5.97 Å². The monoisotopic (exact) mass is 230 g/mol. The number of nitrogens with zero attached hydrogens (tertiary/aromatic N) is 2. The van der Waals surface area contributed by atoms with E-state index in [4.69, 9.17) is 15.7 Å². The molecule has 1 aliphatic heterocycles. The molecule has 2 atom stereocenters. The van der Waals surface area contributed by atoms with Crippen molar-refractivity contribution in [3.8, 4) is 0 Å². The molecular formula is C12H18N2O2. The number of carbonyl (C=O) groups is 1. The van der Waals surface area contributed by atoms with E-state index in [0.29, 0.717) is 0 Å². The zero-order chi connectivity index (χ0) is 18.5. The van der Waals surface area contributed by atoms with Gasteiger partial charge in [0.25, 0.3) is 0 Å².